The Bertz CT molecular complexity index is 377. The van der Waals surface area contributed by atoms with Crippen LogP contribution in [0.1, 0.15) is 19.8 Å². The molecule has 3 N–H and O–H groups in total. The fourth-order valence-electron chi connectivity index (χ4n) is 1.33. The molecule has 0 saturated heterocycles. The molecule has 0 bridgehead atoms. The maximum Gasteiger partial charge on any atom is 0.242 e. The summed E-state index contributed by atoms with van der Waals surface area (Å²) in [7, 11) is 0. The van der Waals surface area contributed by atoms with E-state index in [0.717, 1.165) is 12.8 Å². The van der Waals surface area contributed by atoms with Crippen LogP contribution in [0.25, 0.3) is 0 Å². The van der Waals surface area contributed by atoms with E-state index in [0.29, 0.717) is 10.3 Å². The number of hydrogen-bond donors (Lipinski definition) is 2. The number of carbonyl (C=O) groups is 1. The molecule has 0 spiro atoms. The summed E-state index contributed by atoms with van der Waals surface area (Å²) in [6, 6.07) is 0. The van der Waals surface area contributed by atoms with E-state index in [1.54, 1.807) is 6.20 Å². The second-order valence-electron chi connectivity index (χ2n) is 4.17. The van der Waals surface area contributed by atoms with Crippen molar-refractivity contribution in [3.63, 3.8) is 0 Å². The molecule has 0 radical (unpaired) electrons. The number of nitrogens with zero attached hydrogens (tertiary/aromatic N) is 2. The average Bonchev–Trinajstić information content (AvgIpc) is 2.73. The summed E-state index contributed by atoms with van der Waals surface area (Å²) in [6.07, 6.45) is 3.82. The second-order valence-corrected chi connectivity index (χ2v) is 5.02. The van der Waals surface area contributed by atoms with Crippen LogP contribution in [-0.2, 0) is 11.3 Å². The van der Waals surface area contributed by atoms with Gasteiger partial charge in [-0.2, -0.15) is 5.10 Å². The van der Waals surface area contributed by atoms with Crippen LogP contribution in [0.5, 0.6) is 0 Å². The van der Waals surface area contributed by atoms with Gasteiger partial charge in [0.25, 0.3) is 0 Å². The minimum absolute atomic E-state index is 0.0208. The van der Waals surface area contributed by atoms with E-state index in [2.05, 4.69) is 26.3 Å². The first-order valence-electron chi connectivity index (χ1n) is 4.78. The highest BCUT2D eigenvalue weighted by atomic mass is 79.9. The lowest BCUT2D eigenvalue weighted by Gasteiger charge is -2.10. The summed E-state index contributed by atoms with van der Waals surface area (Å²) >= 11 is 3.24. The number of nitrogens with two attached hydrogens (primary N) is 1. The number of amides is 1. The van der Waals surface area contributed by atoms with E-state index in [1.807, 2.05) is 6.92 Å². The number of hydrogen-bond acceptors (Lipinski definition) is 3. The minimum Gasteiger partial charge on any atom is -0.381 e. The Kier molecular flexibility index (Phi) is 2.46. The predicted molar refractivity (Wildman–Crippen MR) is 60.1 cm³/mol. The molecule has 82 valence electrons. The van der Waals surface area contributed by atoms with Gasteiger partial charge in [-0.05, 0) is 35.7 Å². The molecule has 0 aliphatic heterocycles. The quantitative estimate of drug-likeness (QED) is 0.859. The van der Waals surface area contributed by atoms with Crippen molar-refractivity contribution in [1.82, 2.24) is 15.1 Å². The molecule has 5 nitrogen and oxygen atoms in total. The Labute approximate surface area is 96.1 Å². The van der Waals surface area contributed by atoms with Crippen LogP contribution >= 0.6 is 15.9 Å². The molecule has 1 aliphatic carbocycles. The molecular formula is C9H13BrN4O. The summed E-state index contributed by atoms with van der Waals surface area (Å²) in [5.41, 5.74) is 5.57. The molecule has 1 aromatic rings. The molecule has 15 heavy (non-hydrogen) atoms. The number of nitrogens with one attached hydrogen (secondary N) is 1. The Morgan fingerprint density at radius 1 is 1.80 bits per heavy atom. The third kappa shape index (κ3) is 2.50. The zero-order valence-electron chi connectivity index (χ0n) is 8.46. The first kappa shape index (κ1) is 10.5. The smallest absolute Gasteiger partial charge is 0.242 e. The van der Waals surface area contributed by atoms with Gasteiger partial charge in [0.2, 0.25) is 5.91 Å². The van der Waals surface area contributed by atoms with Crippen molar-refractivity contribution in [2.45, 2.75) is 31.8 Å². The van der Waals surface area contributed by atoms with Crippen LogP contribution in [-0.4, -0.2) is 21.2 Å². The molecule has 1 heterocycles. The zero-order valence-corrected chi connectivity index (χ0v) is 10.0. The first-order valence-corrected chi connectivity index (χ1v) is 5.57. The van der Waals surface area contributed by atoms with Gasteiger partial charge >= 0.3 is 0 Å². The van der Waals surface area contributed by atoms with Crippen LogP contribution in [0.3, 0.4) is 0 Å². The topological polar surface area (TPSA) is 72.9 Å². The van der Waals surface area contributed by atoms with Gasteiger partial charge in [-0.25, -0.2) is 0 Å². The molecule has 1 aromatic heterocycles. The van der Waals surface area contributed by atoms with Crippen molar-refractivity contribution in [1.29, 1.82) is 0 Å². The van der Waals surface area contributed by atoms with Gasteiger partial charge < -0.3 is 11.1 Å². The maximum atomic E-state index is 11.6. The summed E-state index contributed by atoms with van der Waals surface area (Å²) in [5, 5.41) is 6.94. The molecule has 0 aromatic carbocycles. The Morgan fingerprint density at radius 2 is 2.47 bits per heavy atom. The normalized spacial score (nSPS) is 17.5. The van der Waals surface area contributed by atoms with Gasteiger partial charge in [-0.3, -0.25) is 9.48 Å². The van der Waals surface area contributed by atoms with Crippen molar-refractivity contribution in [3.8, 4) is 0 Å². The van der Waals surface area contributed by atoms with Crippen molar-refractivity contribution < 1.29 is 4.79 Å². The highest BCUT2D eigenvalue weighted by Crippen LogP contribution is 2.34. The summed E-state index contributed by atoms with van der Waals surface area (Å²) < 4.78 is 2.24. The first-order chi connectivity index (χ1) is 6.98. The van der Waals surface area contributed by atoms with Crippen LogP contribution in [0.15, 0.2) is 10.7 Å². The molecule has 0 unspecified atom stereocenters. The van der Waals surface area contributed by atoms with E-state index in [4.69, 9.17) is 5.73 Å². The molecule has 0 atom stereocenters. The summed E-state index contributed by atoms with van der Waals surface area (Å²) in [4.78, 5) is 11.6. The largest absolute Gasteiger partial charge is 0.381 e. The lowest BCUT2D eigenvalue weighted by Crippen LogP contribution is -2.36. The molecule has 1 saturated carbocycles. The molecule has 1 fully saturated rings. The Hall–Kier alpha value is -1.04. The van der Waals surface area contributed by atoms with Gasteiger partial charge in [-0.15, -0.1) is 0 Å². The number of rotatable bonds is 3. The van der Waals surface area contributed by atoms with Crippen LogP contribution in [0, 0.1) is 0 Å². The van der Waals surface area contributed by atoms with E-state index in [-0.39, 0.29) is 18.0 Å². The van der Waals surface area contributed by atoms with Gasteiger partial charge in [-0.1, -0.05) is 0 Å². The number of halogens is 1. The molecule has 1 amide bonds. The Balaban J connectivity index is 1.93. The Morgan fingerprint density at radius 3 is 2.93 bits per heavy atom. The second kappa shape index (κ2) is 3.52. The highest BCUT2D eigenvalue weighted by Gasteiger charge is 2.38. The van der Waals surface area contributed by atoms with Crippen molar-refractivity contribution in [2.24, 2.45) is 0 Å². The number of carbonyl (C=O) groups excluding carboxylic acids is 1. The lowest BCUT2D eigenvalue weighted by atomic mass is 10.3. The van der Waals surface area contributed by atoms with Crippen molar-refractivity contribution >= 4 is 27.7 Å². The number of aromatic nitrogens is 2. The highest BCUT2D eigenvalue weighted by molar-refractivity contribution is 9.10. The van der Waals surface area contributed by atoms with Crippen LogP contribution < -0.4 is 11.1 Å². The monoisotopic (exact) mass is 272 g/mol. The molecule has 6 heteroatoms. The third-order valence-electron chi connectivity index (χ3n) is 2.49. The number of nitrogen functional groups attached to an aromatic ring is 1. The van der Waals surface area contributed by atoms with E-state index in [9.17, 15) is 4.79 Å². The SMILES string of the molecule is CC1(NC(=O)Cn2cc(Br)c(N)n2)CC1. The van der Waals surface area contributed by atoms with Crippen LogP contribution in [0.4, 0.5) is 5.82 Å². The van der Waals surface area contributed by atoms with Crippen LogP contribution in [0.2, 0.25) is 0 Å². The molecule has 2 rings (SSSR count). The third-order valence-corrected chi connectivity index (χ3v) is 3.10. The summed E-state index contributed by atoms with van der Waals surface area (Å²) in [6.45, 7) is 2.25. The average molecular weight is 273 g/mol. The fraction of sp³-hybridized carbons (Fsp3) is 0.556. The van der Waals surface area contributed by atoms with E-state index in [1.165, 1.54) is 4.68 Å². The number of anilines is 1. The van der Waals surface area contributed by atoms with Gasteiger partial charge in [0.1, 0.15) is 6.54 Å². The fourth-order valence-corrected chi connectivity index (χ4v) is 1.64. The van der Waals surface area contributed by atoms with Crippen molar-refractivity contribution in [2.75, 3.05) is 5.73 Å². The van der Waals surface area contributed by atoms with E-state index < -0.39 is 0 Å². The van der Waals surface area contributed by atoms with Crippen molar-refractivity contribution in [3.05, 3.63) is 10.7 Å². The molecular weight excluding hydrogens is 260 g/mol. The van der Waals surface area contributed by atoms with E-state index >= 15 is 0 Å². The minimum atomic E-state index is -0.0231. The van der Waals surface area contributed by atoms with Gasteiger partial charge in [0.15, 0.2) is 5.82 Å². The predicted octanol–water partition coefficient (Wildman–Crippen LogP) is 0.896. The maximum absolute atomic E-state index is 11.6. The lowest BCUT2D eigenvalue weighted by molar-refractivity contribution is -0.122. The standard InChI is InChI=1S/C9H13BrN4O/c1-9(2-3-9)12-7(15)5-14-4-6(10)8(11)13-14/h4H,2-3,5H2,1H3,(H2,11,13)(H,12,15). The van der Waals surface area contributed by atoms with Gasteiger partial charge in [0.05, 0.1) is 4.47 Å². The molecule has 1 aliphatic rings. The summed E-state index contributed by atoms with van der Waals surface area (Å²) in [5.74, 6) is 0.380. The zero-order chi connectivity index (χ0) is 11.1. The van der Waals surface area contributed by atoms with Gasteiger partial charge in [0, 0.05) is 11.7 Å².